The van der Waals surface area contributed by atoms with E-state index in [1.54, 1.807) is 0 Å². The van der Waals surface area contributed by atoms with Gasteiger partial charge in [-0.15, -0.1) is 16.6 Å². The van der Waals surface area contributed by atoms with E-state index in [2.05, 4.69) is 21.4 Å². The van der Waals surface area contributed by atoms with E-state index in [9.17, 15) is 13.6 Å². The fourth-order valence-corrected chi connectivity index (χ4v) is 1.89. The molecule has 0 saturated heterocycles. The topological polar surface area (TPSA) is 68.0 Å². The van der Waals surface area contributed by atoms with Gasteiger partial charge in [-0.1, -0.05) is 23.7 Å². The third kappa shape index (κ3) is 3.79. The SMILES string of the molecule is C#CCSc1nnc(CNC(=O)c2c(F)cccc2F)o1. The van der Waals surface area contributed by atoms with Crippen LogP contribution in [0, 0.1) is 24.0 Å². The molecule has 0 radical (unpaired) electrons. The lowest BCUT2D eigenvalue weighted by Gasteiger charge is -2.04. The number of carbonyl (C=O) groups is 1. The summed E-state index contributed by atoms with van der Waals surface area (Å²) in [5.41, 5.74) is -0.654. The van der Waals surface area contributed by atoms with Crippen LogP contribution >= 0.6 is 11.8 Å². The van der Waals surface area contributed by atoms with Crippen LogP contribution in [0.25, 0.3) is 0 Å². The fourth-order valence-electron chi connectivity index (χ4n) is 1.43. The van der Waals surface area contributed by atoms with Crippen molar-refractivity contribution in [3.63, 3.8) is 0 Å². The summed E-state index contributed by atoms with van der Waals surface area (Å²) in [6.07, 6.45) is 5.09. The first-order valence-electron chi connectivity index (χ1n) is 5.72. The van der Waals surface area contributed by atoms with Gasteiger partial charge in [0.05, 0.1) is 12.3 Å². The number of rotatable bonds is 5. The Kier molecular flexibility index (Phi) is 4.90. The summed E-state index contributed by atoms with van der Waals surface area (Å²) >= 11 is 1.17. The van der Waals surface area contributed by atoms with E-state index in [1.165, 1.54) is 17.8 Å². The molecule has 2 aromatic rings. The third-order valence-electron chi connectivity index (χ3n) is 2.32. The van der Waals surface area contributed by atoms with Crippen molar-refractivity contribution in [3.8, 4) is 12.3 Å². The van der Waals surface area contributed by atoms with Crippen molar-refractivity contribution in [2.24, 2.45) is 0 Å². The first kappa shape index (κ1) is 15.0. The van der Waals surface area contributed by atoms with Gasteiger partial charge in [0.15, 0.2) is 0 Å². The van der Waals surface area contributed by atoms with Crippen LogP contribution in [0.5, 0.6) is 0 Å². The largest absolute Gasteiger partial charge is 0.414 e. The number of terminal acetylenes is 1. The van der Waals surface area contributed by atoms with Crippen molar-refractivity contribution in [1.29, 1.82) is 0 Å². The molecule has 2 rings (SSSR count). The number of carbonyl (C=O) groups excluding carboxylic acids is 1. The molecule has 0 aliphatic heterocycles. The normalized spacial score (nSPS) is 10.1. The van der Waals surface area contributed by atoms with Gasteiger partial charge in [0.25, 0.3) is 11.1 Å². The van der Waals surface area contributed by atoms with Crippen molar-refractivity contribution < 1.29 is 18.0 Å². The van der Waals surface area contributed by atoms with Gasteiger partial charge in [-0.2, -0.15) is 0 Å². The number of thioether (sulfide) groups is 1. The highest BCUT2D eigenvalue weighted by Crippen LogP contribution is 2.15. The Morgan fingerprint density at radius 2 is 2.10 bits per heavy atom. The first-order valence-corrected chi connectivity index (χ1v) is 6.71. The highest BCUT2D eigenvalue weighted by atomic mass is 32.2. The van der Waals surface area contributed by atoms with E-state index >= 15 is 0 Å². The average Bonchev–Trinajstić information content (AvgIpc) is 2.90. The first-order chi connectivity index (χ1) is 10.1. The van der Waals surface area contributed by atoms with Gasteiger partial charge >= 0.3 is 0 Å². The minimum absolute atomic E-state index is 0.111. The molecule has 1 heterocycles. The molecule has 1 aromatic carbocycles. The summed E-state index contributed by atoms with van der Waals surface area (Å²) in [6.45, 7) is -0.143. The highest BCUT2D eigenvalue weighted by molar-refractivity contribution is 7.99. The van der Waals surface area contributed by atoms with E-state index < -0.39 is 23.1 Å². The molecule has 0 fully saturated rings. The molecule has 0 aliphatic carbocycles. The van der Waals surface area contributed by atoms with E-state index in [0.29, 0.717) is 5.75 Å². The molecule has 8 heteroatoms. The molecule has 0 aliphatic rings. The van der Waals surface area contributed by atoms with Crippen LogP contribution in [-0.4, -0.2) is 21.9 Å². The number of nitrogens with one attached hydrogen (secondary N) is 1. The Bertz CT molecular complexity index is 677. The summed E-state index contributed by atoms with van der Waals surface area (Å²) in [5, 5.41) is 9.92. The van der Waals surface area contributed by atoms with Crippen LogP contribution in [0.4, 0.5) is 8.78 Å². The van der Waals surface area contributed by atoms with Gasteiger partial charge in [-0.25, -0.2) is 8.78 Å². The van der Waals surface area contributed by atoms with Gasteiger partial charge in [0.1, 0.15) is 17.2 Å². The van der Waals surface area contributed by atoms with Crippen molar-refractivity contribution in [2.75, 3.05) is 5.75 Å². The lowest BCUT2D eigenvalue weighted by Crippen LogP contribution is -2.25. The number of benzene rings is 1. The van der Waals surface area contributed by atoms with Crippen molar-refractivity contribution in [1.82, 2.24) is 15.5 Å². The molecular weight excluding hydrogens is 300 g/mol. The number of halogens is 2. The van der Waals surface area contributed by atoms with Gasteiger partial charge < -0.3 is 9.73 Å². The van der Waals surface area contributed by atoms with Crippen LogP contribution in [0.15, 0.2) is 27.8 Å². The summed E-state index contributed by atoms with van der Waals surface area (Å²) < 4.78 is 32.0. The molecule has 108 valence electrons. The number of amides is 1. The van der Waals surface area contributed by atoms with Crippen LogP contribution in [-0.2, 0) is 6.54 Å². The molecule has 0 unspecified atom stereocenters. The van der Waals surface area contributed by atoms with E-state index in [4.69, 9.17) is 10.8 Å². The number of hydrogen-bond acceptors (Lipinski definition) is 5. The minimum atomic E-state index is -0.941. The van der Waals surface area contributed by atoms with Crippen molar-refractivity contribution in [3.05, 3.63) is 41.3 Å². The van der Waals surface area contributed by atoms with E-state index in [0.717, 1.165) is 12.1 Å². The summed E-state index contributed by atoms with van der Waals surface area (Å²) in [7, 11) is 0. The molecule has 5 nitrogen and oxygen atoms in total. The van der Waals surface area contributed by atoms with Crippen molar-refractivity contribution >= 4 is 17.7 Å². The predicted molar refractivity (Wildman–Crippen MR) is 71.4 cm³/mol. The number of hydrogen-bond donors (Lipinski definition) is 1. The highest BCUT2D eigenvalue weighted by Gasteiger charge is 2.17. The molecular formula is C13H9F2N3O2S. The van der Waals surface area contributed by atoms with Gasteiger partial charge in [0, 0.05) is 0 Å². The molecule has 1 N–H and O–H groups in total. The van der Waals surface area contributed by atoms with Crippen LogP contribution in [0.2, 0.25) is 0 Å². The maximum Gasteiger partial charge on any atom is 0.277 e. The predicted octanol–water partition coefficient (Wildman–Crippen LogP) is 2.00. The second-order valence-corrected chi connectivity index (χ2v) is 4.66. The fraction of sp³-hybridized carbons (Fsp3) is 0.154. The van der Waals surface area contributed by atoms with Crippen molar-refractivity contribution in [2.45, 2.75) is 11.8 Å². The standard InChI is InChI=1S/C13H9F2N3O2S/c1-2-6-21-13-18-17-10(20-13)7-16-12(19)11-8(14)4-3-5-9(11)15/h1,3-5H,6-7H2,(H,16,19). The monoisotopic (exact) mass is 309 g/mol. The van der Waals surface area contributed by atoms with Gasteiger partial charge in [-0.05, 0) is 12.1 Å². The lowest BCUT2D eigenvalue weighted by atomic mass is 10.2. The Morgan fingerprint density at radius 1 is 1.38 bits per heavy atom. The Hall–Kier alpha value is -2.40. The zero-order valence-corrected chi connectivity index (χ0v) is 11.4. The van der Waals surface area contributed by atoms with Crippen LogP contribution in [0.3, 0.4) is 0 Å². The Balaban J connectivity index is 1.98. The number of nitrogens with zero attached hydrogens (tertiary/aromatic N) is 2. The third-order valence-corrected chi connectivity index (χ3v) is 3.04. The second-order valence-electron chi connectivity index (χ2n) is 3.73. The smallest absolute Gasteiger partial charge is 0.277 e. The van der Waals surface area contributed by atoms with E-state index in [-0.39, 0.29) is 17.7 Å². The zero-order chi connectivity index (χ0) is 15.2. The average molecular weight is 309 g/mol. The second kappa shape index (κ2) is 6.85. The molecule has 0 bridgehead atoms. The molecule has 0 atom stereocenters. The minimum Gasteiger partial charge on any atom is -0.414 e. The molecule has 21 heavy (non-hydrogen) atoms. The summed E-state index contributed by atoms with van der Waals surface area (Å²) in [4.78, 5) is 11.7. The Morgan fingerprint density at radius 3 is 2.76 bits per heavy atom. The number of aromatic nitrogens is 2. The summed E-state index contributed by atoms with van der Waals surface area (Å²) in [6, 6.07) is 3.17. The van der Waals surface area contributed by atoms with Crippen LogP contribution in [0.1, 0.15) is 16.2 Å². The molecule has 0 spiro atoms. The maximum absolute atomic E-state index is 13.4. The quantitative estimate of drug-likeness (QED) is 0.676. The summed E-state index contributed by atoms with van der Waals surface area (Å²) in [5.74, 6) is 0.0879. The lowest BCUT2D eigenvalue weighted by molar-refractivity contribution is 0.0938. The van der Waals surface area contributed by atoms with Gasteiger partial charge in [0.2, 0.25) is 5.89 Å². The van der Waals surface area contributed by atoms with E-state index in [1.807, 2.05) is 0 Å². The van der Waals surface area contributed by atoms with Gasteiger partial charge in [-0.3, -0.25) is 4.79 Å². The molecule has 1 amide bonds. The molecule has 0 saturated carbocycles. The molecule has 1 aromatic heterocycles. The zero-order valence-electron chi connectivity index (χ0n) is 10.6. The maximum atomic E-state index is 13.4. The Labute approximate surface area is 123 Å². The van der Waals surface area contributed by atoms with Crippen LogP contribution < -0.4 is 5.32 Å².